The van der Waals surface area contributed by atoms with Crippen LogP contribution in [0.4, 0.5) is 0 Å². The number of amides is 1. The maximum atomic E-state index is 11.6. The predicted molar refractivity (Wildman–Crippen MR) is 68.6 cm³/mol. The summed E-state index contributed by atoms with van der Waals surface area (Å²) in [6, 6.07) is 4.38. The molecular formula is C12H9Cl2NO3. The number of nitrogens with one attached hydrogen (secondary N) is 1. The molecule has 0 aliphatic rings. The number of carbonyl (C=O) groups excluding carboxylic acids is 2. The highest BCUT2D eigenvalue weighted by molar-refractivity contribution is 6.35. The fourth-order valence-corrected chi connectivity index (χ4v) is 1.43. The molecule has 0 aliphatic carbocycles. The van der Waals surface area contributed by atoms with Crippen molar-refractivity contribution in [2.75, 3.05) is 13.2 Å². The number of carbonyl (C=O) groups is 2. The summed E-state index contributed by atoms with van der Waals surface area (Å²) in [6.45, 7) is -0.350. The average Bonchev–Trinajstić information content (AvgIpc) is 2.36. The molecule has 0 aliphatic heterocycles. The van der Waals surface area contributed by atoms with Crippen molar-refractivity contribution in [3.63, 3.8) is 0 Å². The monoisotopic (exact) mass is 285 g/mol. The van der Waals surface area contributed by atoms with Gasteiger partial charge in [0, 0.05) is 5.02 Å². The molecule has 1 aromatic carbocycles. The minimum atomic E-state index is -0.724. The molecule has 1 rings (SSSR count). The Labute approximate surface area is 114 Å². The molecule has 0 heterocycles. The number of esters is 1. The molecule has 18 heavy (non-hydrogen) atoms. The molecule has 0 spiro atoms. The zero-order valence-corrected chi connectivity index (χ0v) is 10.7. The van der Waals surface area contributed by atoms with E-state index in [0.29, 0.717) is 5.02 Å². The first kappa shape index (κ1) is 14.4. The number of benzene rings is 1. The van der Waals surface area contributed by atoms with E-state index in [2.05, 4.69) is 11.2 Å². The van der Waals surface area contributed by atoms with Crippen molar-refractivity contribution in [3.8, 4) is 12.3 Å². The lowest BCUT2D eigenvalue weighted by molar-refractivity contribution is -0.123. The van der Waals surface area contributed by atoms with Crippen LogP contribution in [0.1, 0.15) is 10.4 Å². The van der Waals surface area contributed by atoms with Crippen LogP contribution >= 0.6 is 23.2 Å². The fourth-order valence-electron chi connectivity index (χ4n) is 1.06. The van der Waals surface area contributed by atoms with Crippen LogP contribution in [0.3, 0.4) is 0 Å². The van der Waals surface area contributed by atoms with E-state index < -0.39 is 18.5 Å². The van der Waals surface area contributed by atoms with Crippen LogP contribution < -0.4 is 5.32 Å². The second-order valence-corrected chi connectivity index (χ2v) is 4.02. The summed E-state index contributed by atoms with van der Waals surface area (Å²) < 4.78 is 4.76. The zero-order chi connectivity index (χ0) is 13.5. The third kappa shape index (κ3) is 4.28. The van der Waals surface area contributed by atoms with Gasteiger partial charge in [0.2, 0.25) is 0 Å². The highest BCUT2D eigenvalue weighted by atomic mass is 35.5. The van der Waals surface area contributed by atoms with Gasteiger partial charge in [-0.2, -0.15) is 0 Å². The Kier molecular flexibility index (Phi) is 5.50. The Bertz CT molecular complexity index is 509. The molecule has 6 heteroatoms. The predicted octanol–water partition coefficient (Wildman–Crippen LogP) is 1.90. The molecular weight excluding hydrogens is 277 g/mol. The Morgan fingerprint density at radius 3 is 2.78 bits per heavy atom. The van der Waals surface area contributed by atoms with Crippen molar-refractivity contribution < 1.29 is 14.3 Å². The smallest absolute Gasteiger partial charge is 0.340 e. The van der Waals surface area contributed by atoms with Crippen LogP contribution in [0.15, 0.2) is 18.2 Å². The van der Waals surface area contributed by atoms with E-state index in [1.165, 1.54) is 12.1 Å². The van der Waals surface area contributed by atoms with Gasteiger partial charge in [-0.1, -0.05) is 29.1 Å². The summed E-state index contributed by atoms with van der Waals surface area (Å²) in [5, 5.41) is 2.91. The van der Waals surface area contributed by atoms with Crippen LogP contribution in [0.2, 0.25) is 10.0 Å². The largest absolute Gasteiger partial charge is 0.452 e. The van der Waals surface area contributed by atoms with Gasteiger partial charge in [-0.15, -0.1) is 6.42 Å². The zero-order valence-electron chi connectivity index (χ0n) is 9.20. The molecule has 0 fully saturated rings. The SMILES string of the molecule is C#CCNC(=O)COC(=O)c1cc(Cl)ccc1Cl. The minimum absolute atomic E-state index is 0.0777. The molecule has 94 valence electrons. The van der Waals surface area contributed by atoms with Crippen molar-refractivity contribution in [3.05, 3.63) is 33.8 Å². The lowest BCUT2D eigenvalue weighted by Gasteiger charge is -2.06. The molecule has 1 N–H and O–H groups in total. The second kappa shape index (κ2) is 6.90. The Morgan fingerprint density at radius 2 is 2.11 bits per heavy atom. The quantitative estimate of drug-likeness (QED) is 0.679. The van der Waals surface area contributed by atoms with E-state index in [4.69, 9.17) is 34.4 Å². The molecule has 4 nitrogen and oxygen atoms in total. The molecule has 0 saturated heterocycles. The number of halogens is 2. The van der Waals surface area contributed by atoms with Gasteiger partial charge in [-0.3, -0.25) is 4.79 Å². The maximum absolute atomic E-state index is 11.6. The highest BCUT2D eigenvalue weighted by Crippen LogP contribution is 2.21. The Hall–Kier alpha value is -1.70. The van der Waals surface area contributed by atoms with E-state index in [0.717, 1.165) is 0 Å². The number of hydrogen-bond donors (Lipinski definition) is 1. The second-order valence-electron chi connectivity index (χ2n) is 3.18. The summed E-state index contributed by atoms with van der Waals surface area (Å²) in [4.78, 5) is 22.8. The molecule has 0 saturated carbocycles. The molecule has 0 bridgehead atoms. The van der Waals surface area contributed by atoms with Crippen molar-refractivity contribution in [2.45, 2.75) is 0 Å². The van der Waals surface area contributed by atoms with Crippen molar-refractivity contribution in [2.24, 2.45) is 0 Å². The van der Waals surface area contributed by atoms with E-state index in [1.807, 2.05) is 0 Å². The first-order valence-corrected chi connectivity index (χ1v) is 5.62. The van der Waals surface area contributed by atoms with E-state index in [-0.39, 0.29) is 17.1 Å². The van der Waals surface area contributed by atoms with Crippen molar-refractivity contribution in [1.82, 2.24) is 5.32 Å². The van der Waals surface area contributed by atoms with Gasteiger partial charge in [0.25, 0.3) is 5.91 Å². The minimum Gasteiger partial charge on any atom is -0.452 e. The summed E-state index contributed by atoms with van der Waals surface area (Å²) in [6.07, 6.45) is 4.96. The lowest BCUT2D eigenvalue weighted by Crippen LogP contribution is -2.29. The summed E-state index contributed by atoms with van der Waals surface area (Å²) in [7, 11) is 0. The highest BCUT2D eigenvalue weighted by Gasteiger charge is 2.13. The van der Waals surface area contributed by atoms with Gasteiger partial charge in [0.05, 0.1) is 17.1 Å². The van der Waals surface area contributed by atoms with Gasteiger partial charge in [0.1, 0.15) is 0 Å². The topological polar surface area (TPSA) is 55.4 Å². The van der Waals surface area contributed by atoms with Crippen molar-refractivity contribution in [1.29, 1.82) is 0 Å². The van der Waals surface area contributed by atoms with Crippen LogP contribution in [0.25, 0.3) is 0 Å². The van der Waals surface area contributed by atoms with Crippen LogP contribution in [-0.4, -0.2) is 25.0 Å². The van der Waals surface area contributed by atoms with Crippen LogP contribution in [-0.2, 0) is 9.53 Å². The third-order valence-corrected chi connectivity index (χ3v) is 2.43. The van der Waals surface area contributed by atoms with Crippen LogP contribution in [0.5, 0.6) is 0 Å². The molecule has 0 radical (unpaired) electrons. The molecule has 0 aromatic heterocycles. The molecule has 0 atom stereocenters. The van der Waals surface area contributed by atoms with Gasteiger partial charge in [0.15, 0.2) is 6.61 Å². The Balaban J connectivity index is 2.58. The van der Waals surface area contributed by atoms with Crippen LogP contribution in [0, 0.1) is 12.3 Å². The van der Waals surface area contributed by atoms with Crippen molar-refractivity contribution >= 4 is 35.1 Å². The Morgan fingerprint density at radius 1 is 1.39 bits per heavy atom. The number of rotatable bonds is 4. The van der Waals surface area contributed by atoms with Gasteiger partial charge < -0.3 is 10.1 Å². The number of ether oxygens (including phenoxy) is 1. The first-order chi connectivity index (χ1) is 8.54. The first-order valence-electron chi connectivity index (χ1n) is 4.87. The van der Waals surface area contributed by atoms with Gasteiger partial charge in [-0.25, -0.2) is 4.79 Å². The summed E-state index contributed by atoms with van der Waals surface area (Å²) >= 11 is 11.5. The third-order valence-electron chi connectivity index (χ3n) is 1.87. The fraction of sp³-hybridized carbons (Fsp3) is 0.167. The van der Waals surface area contributed by atoms with E-state index in [1.54, 1.807) is 6.07 Å². The normalized spacial score (nSPS) is 9.39. The summed E-state index contributed by atoms with van der Waals surface area (Å²) in [5.74, 6) is 1.01. The van der Waals surface area contributed by atoms with Gasteiger partial charge >= 0.3 is 5.97 Å². The maximum Gasteiger partial charge on any atom is 0.340 e. The number of hydrogen-bond acceptors (Lipinski definition) is 3. The van der Waals surface area contributed by atoms with E-state index >= 15 is 0 Å². The van der Waals surface area contributed by atoms with Gasteiger partial charge in [-0.05, 0) is 18.2 Å². The molecule has 1 amide bonds. The average molecular weight is 286 g/mol. The standard InChI is InChI=1S/C12H9Cl2NO3/c1-2-5-15-11(16)7-18-12(17)9-6-8(13)3-4-10(9)14/h1,3-4,6H,5,7H2,(H,15,16). The lowest BCUT2D eigenvalue weighted by atomic mass is 10.2. The number of terminal acetylenes is 1. The molecule has 0 unspecified atom stereocenters. The van der Waals surface area contributed by atoms with E-state index in [9.17, 15) is 9.59 Å². The molecule has 1 aromatic rings. The summed E-state index contributed by atoms with van der Waals surface area (Å²) in [5.41, 5.74) is 0.105.